The molecule has 4 nitrogen and oxygen atoms in total. The molecule has 1 N–H and O–H groups in total. The van der Waals surface area contributed by atoms with Crippen LogP contribution in [0.3, 0.4) is 0 Å². The van der Waals surface area contributed by atoms with Crippen LogP contribution in [0.15, 0.2) is 0 Å². The van der Waals surface area contributed by atoms with Gasteiger partial charge in [0.2, 0.25) is 5.91 Å². The Hall–Kier alpha value is -0.610. The number of amides is 1. The van der Waals surface area contributed by atoms with Crippen molar-refractivity contribution < 1.29 is 14.7 Å². The summed E-state index contributed by atoms with van der Waals surface area (Å²) in [5.74, 6) is 0.762. The molecule has 0 aromatic heterocycles. The summed E-state index contributed by atoms with van der Waals surface area (Å²) in [5, 5.41) is 8.49. The van der Waals surface area contributed by atoms with E-state index < -0.39 is 0 Å². The first kappa shape index (κ1) is 16.8. The Kier molecular flexibility index (Phi) is 12.8. The summed E-state index contributed by atoms with van der Waals surface area (Å²) in [7, 11) is 1.00. The van der Waals surface area contributed by atoms with Gasteiger partial charge in [-0.05, 0) is 12.3 Å². The molecule has 0 aliphatic carbocycles. The molecule has 1 fully saturated rings. The van der Waals surface area contributed by atoms with Crippen molar-refractivity contribution in [1.82, 2.24) is 5.06 Å². The van der Waals surface area contributed by atoms with Gasteiger partial charge in [0, 0.05) is 13.7 Å². The number of hydrogen-bond donors (Lipinski definition) is 1. The summed E-state index contributed by atoms with van der Waals surface area (Å²) in [6.07, 6.45) is 1.57. The minimum atomic E-state index is 0.130. The molecule has 92 valence electrons. The van der Waals surface area contributed by atoms with Crippen LogP contribution in [-0.4, -0.2) is 36.3 Å². The fraction of sp³-hybridized carbons (Fsp3) is 0.909. The molecule has 1 rings (SSSR count). The highest BCUT2D eigenvalue weighted by Crippen LogP contribution is 2.09. The monoisotopic (exact) mass is 219 g/mol. The lowest BCUT2D eigenvalue weighted by Crippen LogP contribution is -2.25. The molecule has 1 saturated heterocycles. The zero-order valence-electron chi connectivity index (χ0n) is 10.6. The summed E-state index contributed by atoms with van der Waals surface area (Å²) in [5.41, 5.74) is 0. The minimum Gasteiger partial charge on any atom is -0.400 e. The lowest BCUT2D eigenvalue weighted by atomic mass is 10.1. The van der Waals surface area contributed by atoms with Gasteiger partial charge in [0.15, 0.2) is 0 Å². The van der Waals surface area contributed by atoms with E-state index in [-0.39, 0.29) is 5.91 Å². The van der Waals surface area contributed by atoms with Crippen molar-refractivity contribution >= 4 is 5.91 Å². The molecule has 0 aromatic rings. The molecule has 15 heavy (non-hydrogen) atoms. The maximum Gasteiger partial charge on any atom is 0.248 e. The first-order chi connectivity index (χ1) is 7.20. The third kappa shape index (κ3) is 8.39. The molecule has 0 radical (unpaired) electrons. The van der Waals surface area contributed by atoms with E-state index in [4.69, 9.17) is 9.94 Å². The highest BCUT2D eigenvalue weighted by Gasteiger charge is 2.20. The van der Waals surface area contributed by atoms with Crippen molar-refractivity contribution in [3.05, 3.63) is 0 Å². The molecule has 1 aliphatic heterocycles. The number of nitrogens with zero attached hydrogens (tertiary/aromatic N) is 1. The predicted molar refractivity (Wildman–Crippen MR) is 61.2 cm³/mol. The van der Waals surface area contributed by atoms with Gasteiger partial charge in [-0.3, -0.25) is 9.63 Å². The van der Waals surface area contributed by atoms with Crippen LogP contribution in [0.2, 0.25) is 0 Å². The van der Waals surface area contributed by atoms with Crippen LogP contribution in [0.25, 0.3) is 0 Å². The van der Waals surface area contributed by atoms with E-state index in [0.717, 1.165) is 20.1 Å². The standard InChI is InChI=1S/C8H15NO2.C2H6.CH4O/c1-7(2)3-5-9-8(10)4-6-11-9;2*1-2/h7H,3-6H2,1-2H3;1-2H3;2H,1H3. The third-order valence-electron chi connectivity index (χ3n) is 1.75. The van der Waals surface area contributed by atoms with E-state index in [0.29, 0.717) is 18.9 Å². The summed E-state index contributed by atoms with van der Waals surface area (Å²) in [4.78, 5) is 16.1. The summed E-state index contributed by atoms with van der Waals surface area (Å²) >= 11 is 0. The van der Waals surface area contributed by atoms with Crippen LogP contribution in [0.4, 0.5) is 0 Å². The highest BCUT2D eigenvalue weighted by atomic mass is 16.7. The maximum absolute atomic E-state index is 11.0. The Morgan fingerprint density at radius 1 is 1.40 bits per heavy atom. The number of carbonyl (C=O) groups is 1. The molecule has 0 atom stereocenters. The predicted octanol–water partition coefficient (Wildman–Crippen LogP) is 1.83. The van der Waals surface area contributed by atoms with Crippen molar-refractivity contribution in [2.75, 3.05) is 20.3 Å². The number of hydroxylamine groups is 2. The Morgan fingerprint density at radius 3 is 2.27 bits per heavy atom. The van der Waals surface area contributed by atoms with E-state index in [9.17, 15) is 4.79 Å². The maximum atomic E-state index is 11.0. The molecule has 0 aromatic carbocycles. The van der Waals surface area contributed by atoms with Gasteiger partial charge in [0.25, 0.3) is 0 Å². The van der Waals surface area contributed by atoms with Gasteiger partial charge in [-0.15, -0.1) is 0 Å². The molecular formula is C11H25NO3. The van der Waals surface area contributed by atoms with Gasteiger partial charge in [-0.2, -0.15) is 0 Å². The molecule has 0 saturated carbocycles. The molecule has 1 amide bonds. The number of carbonyl (C=O) groups excluding carboxylic acids is 1. The van der Waals surface area contributed by atoms with E-state index in [1.165, 1.54) is 5.06 Å². The zero-order valence-corrected chi connectivity index (χ0v) is 10.6. The van der Waals surface area contributed by atoms with Crippen LogP contribution >= 0.6 is 0 Å². The summed E-state index contributed by atoms with van der Waals surface area (Å²) < 4.78 is 0. The van der Waals surface area contributed by atoms with E-state index in [1.807, 2.05) is 13.8 Å². The largest absolute Gasteiger partial charge is 0.400 e. The van der Waals surface area contributed by atoms with Crippen molar-refractivity contribution in [2.24, 2.45) is 5.92 Å². The van der Waals surface area contributed by atoms with Gasteiger partial charge in [-0.25, -0.2) is 5.06 Å². The molecule has 4 heteroatoms. The number of rotatable bonds is 3. The van der Waals surface area contributed by atoms with Gasteiger partial charge in [0.1, 0.15) is 0 Å². The summed E-state index contributed by atoms with van der Waals surface area (Å²) in [6, 6.07) is 0. The van der Waals surface area contributed by atoms with Gasteiger partial charge < -0.3 is 5.11 Å². The molecular weight excluding hydrogens is 194 g/mol. The number of hydrogen-bond acceptors (Lipinski definition) is 3. The van der Waals surface area contributed by atoms with Crippen molar-refractivity contribution in [2.45, 2.75) is 40.5 Å². The SMILES string of the molecule is CC.CC(C)CCN1OCCC1=O.CO. The van der Waals surface area contributed by atoms with Gasteiger partial charge >= 0.3 is 0 Å². The Bertz CT molecular complexity index is 149. The minimum absolute atomic E-state index is 0.130. The fourth-order valence-corrected chi connectivity index (χ4v) is 1.00. The second-order valence-electron chi connectivity index (χ2n) is 3.26. The lowest BCUT2D eigenvalue weighted by molar-refractivity contribution is -0.162. The zero-order chi connectivity index (χ0) is 12.3. The first-order valence-electron chi connectivity index (χ1n) is 5.58. The van der Waals surface area contributed by atoms with E-state index in [1.54, 1.807) is 0 Å². The average molecular weight is 219 g/mol. The summed E-state index contributed by atoms with van der Waals surface area (Å²) in [6.45, 7) is 9.59. The fourth-order valence-electron chi connectivity index (χ4n) is 1.00. The van der Waals surface area contributed by atoms with E-state index >= 15 is 0 Å². The second kappa shape index (κ2) is 11.5. The molecule has 0 spiro atoms. The highest BCUT2D eigenvalue weighted by molar-refractivity contribution is 5.76. The van der Waals surface area contributed by atoms with Crippen molar-refractivity contribution in [1.29, 1.82) is 0 Å². The lowest BCUT2D eigenvalue weighted by Gasteiger charge is -2.14. The smallest absolute Gasteiger partial charge is 0.248 e. The van der Waals surface area contributed by atoms with Gasteiger partial charge in [-0.1, -0.05) is 27.7 Å². The number of aliphatic hydroxyl groups is 1. The van der Waals surface area contributed by atoms with Crippen LogP contribution in [0.5, 0.6) is 0 Å². The average Bonchev–Trinajstić information content (AvgIpc) is 2.67. The Balaban J connectivity index is 0. The number of aliphatic hydroxyl groups excluding tert-OH is 1. The van der Waals surface area contributed by atoms with Crippen molar-refractivity contribution in [3.8, 4) is 0 Å². The molecule has 1 heterocycles. The van der Waals surface area contributed by atoms with Crippen LogP contribution in [0, 0.1) is 5.92 Å². The van der Waals surface area contributed by atoms with Gasteiger partial charge in [0.05, 0.1) is 13.0 Å². The van der Waals surface area contributed by atoms with Crippen LogP contribution in [0.1, 0.15) is 40.5 Å². The third-order valence-corrected chi connectivity index (χ3v) is 1.75. The topological polar surface area (TPSA) is 49.8 Å². The molecule has 1 aliphatic rings. The van der Waals surface area contributed by atoms with Crippen LogP contribution < -0.4 is 0 Å². The van der Waals surface area contributed by atoms with Crippen molar-refractivity contribution in [3.63, 3.8) is 0 Å². The molecule has 0 bridgehead atoms. The van der Waals surface area contributed by atoms with Crippen LogP contribution in [-0.2, 0) is 9.63 Å². The van der Waals surface area contributed by atoms with E-state index in [2.05, 4.69) is 13.8 Å². The second-order valence-corrected chi connectivity index (χ2v) is 3.26. The Morgan fingerprint density at radius 2 is 1.93 bits per heavy atom. The quantitative estimate of drug-likeness (QED) is 0.788. The molecule has 0 unspecified atom stereocenters. The normalized spacial score (nSPS) is 14.3. The Labute approximate surface area is 93.2 Å². The first-order valence-corrected chi connectivity index (χ1v) is 5.58.